The summed E-state index contributed by atoms with van der Waals surface area (Å²) in [6.45, 7) is 1.24. The number of aryl methyl sites for hydroxylation is 1. The van der Waals surface area contributed by atoms with Crippen molar-refractivity contribution in [3.63, 3.8) is 0 Å². The Balaban J connectivity index is 1.82. The number of nitrogens with zero attached hydrogens (tertiary/aromatic N) is 1. The van der Waals surface area contributed by atoms with Crippen LogP contribution >= 0.6 is 11.3 Å². The van der Waals surface area contributed by atoms with Crippen molar-refractivity contribution < 1.29 is 39.8 Å². The van der Waals surface area contributed by atoms with E-state index >= 15 is 0 Å². The van der Waals surface area contributed by atoms with Crippen molar-refractivity contribution in [1.29, 1.82) is 0 Å². The van der Waals surface area contributed by atoms with Crippen LogP contribution in [-0.4, -0.2) is 73.6 Å². The highest BCUT2D eigenvalue weighted by Crippen LogP contribution is 2.32. The van der Waals surface area contributed by atoms with E-state index in [2.05, 4.69) is 4.98 Å². The first-order valence-corrected chi connectivity index (χ1v) is 10.0. The average Bonchev–Trinajstić information content (AvgIpc) is 3.21. The molecule has 29 heavy (non-hydrogen) atoms. The van der Waals surface area contributed by atoms with E-state index in [0.717, 1.165) is 0 Å². The van der Waals surface area contributed by atoms with Gasteiger partial charge in [-0.1, -0.05) is 6.92 Å². The number of thiazole rings is 1. The number of ketones is 1. The first-order chi connectivity index (χ1) is 13.8. The zero-order valence-electron chi connectivity index (χ0n) is 15.6. The minimum atomic E-state index is -1.58. The third-order valence-electron chi connectivity index (χ3n) is 4.78. The van der Waals surface area contributed by atoms with Gasteiger partial charge < -0.3 is 35.0 Å². The lowest BCUT2D eigenvalue weighted by molar-refractivity contribution is -0.277. The molecule has 0 bridgehead atoms. The molecule has 158 valence electrons. The third-order valence-corrected chi connectivity index (χ3v) is 5.41. The molecule has 9 nitrogen and oxygen atoms in total. The number of aliphatic hydroxyl groups excluding tert-OH is 4. The van der Waals surface area contributed by atoms with Crippen LogP contribution in [0, 0.1) is 0 Å². The Bertz CT molecular complexity index is 841. The van der Waals surface area contributed by atoms with Gasteiger partial charge in [0.25, 0.3) is 0 Å². The fourth-order valence-corrected chi connectivity index (χ4v) is 3.66. The van der Waals surface area contributed by atoms with Crippen LogP contribution in [0.3, 0.4) is 0 Å². The molecule has 1 fully saturated rings. The summed E-state index contributed by atoms with van der Waals surface area (Å²) in [5.41, 5.74) is 2.92. The van der Waals surface area contributed by atoms with Gasteiger partial charge >= 0.3 is 0 Å². The summed E-state index contributed by atoms with van der Waals surface area (Å²) in [5, 5.41) is 51.3. The van der Waals surface area contributed by atoms with E-state index in [1.807, 2.05) is 6.92 Å². The van der Waals surface area contributed by atoms with Gasteiger partial charge in [0.05, 0.1) is 29.8 Å². The molecule has 3 rings (SSSR count). The molecule has 1 aromatic carbocycles. The monoisotopic (exact) mass is 425 g/mol. The van der Waals surface area contributed by atoms with E-state index in [1.165, 1.54) is 23.5 Å². The van der Waals surface area contributed by atoms with Crippen LogP contribution in [0.2, 0.25) is 0 Å². The molecule has 0 aliphatic carbocycles. The first-order valence-electron chi connectivity index (χ1n) is 9.09. The predicted molar refractivity (Wildman–Crippen MR) is 102 cm³/mol. The Kier molecular flexibility index (Phi) is 6.83. The Morgan fingerprint density at radius 3 is 2.62 bits per heavy atom. The summed E-state index contributed by atoms with van der Waals surface area (Å²) in [4.78, 5) is 16.6. The predicted octanol–water partition coefficient (Wildman–Crippen LogP) is 0.0152. The number of carbonyl (C=O) groups excluding carboxylic acids is 1. The second-order valence-electron chi connectivity index (χ2n) is 6.73. The van der Waals surface area contributed by atoms with Crippen molar-refractivity contribution in [2.75, 3.05) is 6.61 Å². The summed E-state index contributed by atoms with van der Waals surface area (Å²) in [7, 11) is 0. The fraction of sp³-hybridized carbons (Fsp3) is 0.474. The highest BCUT2D eigenvalue weighted by atomic mass is 32.1. The number of hydrogen-bond acceptors (Lipinski definition) is 10. The molecular weight excluding hydrogens is 402 g/mol. The quantitative estimate of drug-likeness (QED) is 0.387. The second-order valence-corrected chi connectivity index (χ2v) is 7.44. The maximum atomic E-state index is 12.5. The Morgan fingerprint density at radius 1 is 1.24 bits per heavy atom. The van der Waals surface area contributed by atoms with Gasteiger partial charge in [-0.25, -0.2) is 4.98 Å². The number of aromatic hydroxyl groups is 1. The largest absolute Gasteiger partial charge is 0.507 e. The molecule has 0 unspecified atom stereocenters. The number of benzene rings is 1. The number of carbonyl (C=O) groups is 1. The second kappa shape index (κ2) is 9.16. The number of phenolic OH excluding ortho intramolecular Hbond substituents is 1. The highest BCUT2D eigenvalue weighted by molar-refractivity contribution is 7.07. The summed E-state index contributed by atoms with van der Waals surface area (Å²) < 4.78 is 11.0. The van der Waals surface area contributed by atoms with Crippen molar-refractivity contribution >= 4 is 17.1 Å². The average molecular weight is 425 g/mol. The summed E-state index contributed by atoms with van der Waals surface area (Å²) >= 11 is 1.37. The molecule has 0 amide bonds. The molecule has 0 saturated carbocycles. The first kappa shape index (κ1) is 21.6. The van der Waals surface area contributed by atoms with Crippen LogP contribution in [0.4, 0.5) is 0 Å². The lowest BCUT2D eigenvalue weighted by Crippen LogP contribution is -2.60. The van der Waals surface area contributed by atoms with E-state index in [-0.39, 0.29) is 29.3 Å². The van der Waals surface area contributed by atoms with Gasteiger partial charge in [-0.05, 0) is 18.1 Å². The van der Waals surface area contributed by atoms with Crippen molar-refractivity contribution in [2.24, 2.45) is 0 Å². The number of Topliss-reactive ketones (excluding diaryl/α,β-unsaturated/α-hetero) is 1. The molecule has 1 aromatic heterocycles. The Morgan fingerprint density at radius 2 is 2.00 bits per heavy atom. The number of hydrogen-bond donors (Lipinski definition) is 5. The number of aromatic nitrogens is 1. The smallest absolute Gasteiger partial charge is 0.229 e. The standard InChI is InChI=1S/C19H23NO8S/c1-2-9-3-11(12(22)4-10-7-29-8-20-10)13(23)5-14(9)27-19-18(26)17(25)16(24)15(6-21)28-19/h3,5,7-8,15-19,21,23-26H,2,4,6H2,1H3/t15-,16-,17+,18-,19-/m1/s1. The summed E-state index contributed by atoms with van der Waals surface area (Å²) in [5.74, 6) is -0.455. The van der Waals surface area contributed by atoms with Crippen LogP contribution in [-0.2, 0) is 17.6 Å². The molecule has 0 spiro atoms. The van der Waals surface area contributed by atoms with Crippen LogP contribution < -0.4 is 4.74 Å². The number of rotatable bonds is 7. The minimum Gasteiger partial charge on any atom is -0.507 e. The van der Waals surface area contributed by atoms with Crippen molar-refractivity contribution in [3.8, 4) is 11.5 Å². The van der Waals surface area contributed by atoms with Gasteiger partial charge in [0.2, 0.25) is 6.29 Å². The third kappa shape index (κ3) is 4.58. The van der Waals surface area contributed by atoms with Crippen molar-refractivity contribution in [3.05, 3.63) is 39.8 Å². The Hall–Kier alpha value is -2.08. The minimum absolute atomic E-state index is 0.0487. The molecule has 1 aliphatic heterocycles. The van der Waals surface area contributed by atoms with Crippen molar-refractivity contribution in [2.45, 2.75) is 50.5 Å². The molecule has 5 N–H and O–H groups in total. The van der Waals surface area contributed by atoms with Crippen LogP contribution in [0.1, 0.15) is 28.5 Å². The molecule has 0 radical (unpaired) electrons. The van der Waals surface area contributed by atoms with Crippen LogP contribution in [0.5, 0.6) is 11.5 Å². The van der Waals surface area contributed by atoms with Crippen LogP contribution in [0.25, 0.3) is 0 Å². The normalized spacial score (nSPS) is 27.0. The zero-order chi connectivity index (χ0) is 21.1. The molecule has 10 heteroatoms. The lowest BCUT2D eigenvalue weighted by Gasteiger charge is -2.39. The molecule has 1 saturated heterocycles. The van der Waals surface area contributed by atoms with Gasteiger partial charge in [-0.3, -0.25) is 4.79 Å². The lowest BCUT2D eigenvalue weighted by atomic mass is 9.99. The molecule has 2 aromatic rings. The molecular formula is C19H23NO8S. The summed E-state index contributed by atoms with van der Waals surface area (Å²) in [6.07, 6.45) is -6.66. The van der Waals surface area contributed by atoms with Crippen molar-refractivity contribution in [1.82, 2.24) is 4.98 Å². The fourth-order valence-electron chi connectivity index (χ4n) is 3.10. The van der Waals surface area contributed by atoms with Gasteiger partial charge in [-0.2, -0.15) is 0 Å². The molecule has 1 aliphatic rings. The SMILES string of the molecule is CCc1cc(C(=O)Cc2cscn2)c(O)cc1O[C@@H]1O[C@H](CO)[C@@H](O)[C@H](O)[C@H]1O. The van der Waals surface area contributed by atoms with Crippen LogP contribution in [0.15, 0.2) is 23.0 Å². The van der Waals surface area contributed by atoms with E-state index in [4.69, 9.17) is 9.47 Å². The molecule has 5 atom stereocenters. The van der Waals surface area contributed by atoms with Gasteiger partial charge in [0.1, 0.15) is 35.9 Å². The van der Waals surface area contributed by atoms with Gasteiger partial charge in [-0.15, -0.1) is 11.3 Å². The van der Waals surface area contributed by atoms with E-state index < -0.39 is 37.3 Å². The zero-order valence-corrected chi connectivity index (χ0v) is 16.5. The van der Waals surface area contributed by atoms with Gasteiger partial charge in [0.15, 0.2) is 5.78 Å². The summed E-state index contributed by atoms with van der Waals surface area (Å²) in [6, 6.07) is 2.75. The maximum absolute atomic E-state index is 12.5. The number of aliphatic hydroxyl groups is 4. The van der Waals surface area contributed by atoms with E-state index in [9.17, 15) is 30.3 Å². The molecule has 2 heterocycles. The Labute approximate surface area is 170 Å². The maximum Gasteiger partial charge on any atom is 0.229 e. The van der Waals surface area contributed by atoms with E-state index in [1.54, 1.807) is 10.9 Å². The number of phenols is 1. The van der Waals surface area contributed by atoms with E-state index in [0.29, 0.717) is 17.7 Å². The van der Waals surface area contributed by atoms with Gasteiger partial charge in [0, 0.05) is 11.4 Å². The topological polar surface area (TPSA) is 150 Å². The number of ether oxygens (including phenoxy) is 2. The highest BCUT2D eigenvalue weighted by Gasteiger charge is 2.44.